The lowest BCUT2D eigenvalue weighted by Gasteiger charge is -2.10. The summed E-state index contributed by atoms with van der Waals surface area (Å²) in [7, 11) is 3.26. The number of nitrogens with zero attached hydrogens (tertiary/aromatic N) is 3. The second kappa shape index (κ2) is 7.60. The Morgan fingerprint density at radius 2 is 1.75 bits per heavy atom. The molecule has 0 spiro atoms. The fourth-order valence-electron chi connectivity index (χ4n) is 3.14. The van der Waals surface area contributed by atoms with Crippen LogP contribution in [0, 0.1) is 6.92 Å². The first-order chi connectivity index (χ1) is 13.7. The van der Waals surface area contributed by atoms with Gasteiger partial charge in [-0.15, -0.1) is 0 Å². The molecule has 0 radical (unpaired) electrons. The van der Waals surface area contributed by atoms with Crippen molar-refractivity contribution in [1.29, 1.82) is 0 Å². The number of benzene rings is 2. The van der Waals surface area contributed by atoms with Crippen molar-refractivity contribution in [3.8, 4) is 22.8 Å². The van der Waals surface area contributed by atoms with Crippen LogP contribution in [0.3, 0.4) is 0 Å². The van der Waals surface area contributed by atoms with Gasteiger partial charge in [0.2, 0.25) is 0 Å². The summed E-state index contributed by atoms with van der Waals surface area (Å²) in [5.41, 5.74) is 5.16. The molecule has 1 N–H and O–H groups in total. The smallest absolute Gasteiger partial charge is 0.180 e. The first-order valence-electron chi connectivity index (χ1n) is 9.03. The Bertz CT molecular complexity index is 1100. The predicted octanol–water partition coefficient (Wildman–Crippen LogP) is 4.33. The van der Waals surface area contributed by atoms with Gasteiger partial charge in [-0.25, -0.2) is 9.97 Å². The number of imidazole rings is 1. The third-order valence-electron chi connectivity index (χ3n) is 4.69. The summed E-state index contributed by atoms with van der Waals surface area (Å²) in [4.78, 5) is 9.05. The summed E-state index contributed by atoms with van der Waals surface area (Å²) < 4.78 is 12.8. The maximum absolute atomic E-state index is 5.43. The van der Waals surface area contributed by atoms with Gasteiger partial charge in [-0.3, -0.25) is 4.40 Å². The van der Waals surface area contributed by atoms with Crippen molar-refractivity contribution >= 4 is 11.5 Å². The highest BCUT2D eigenvalue weighted by Gasteiger charge is 2.12. The summed E-state index contributed by atoms with van der Waals surface area (Å²) in [5.74, 6) is 2.12. The standard InChI is InChI=1S/C22H22N4O2/c1-15-4-6-16(7-5-15)13-24-21-22-25-14-18(26(22)11-10-23-21)17-8-9-19(27-2)20(12-17)28-3/h4-12,14H,13H2,1-3H3,(H,23,24). The molecule has 2 aromatic heterocycles. The quantitative estimate of drug-likeness (QED) is 0.544. The Kier molecular flexibility index (Phi) is 4.85. The van der Waals surface area contributed by atoms with Crippen molar-refractivity contribution in [1.82, 2.24) is 14.4 Å². The largest absolute Gasteiger partial charge is 0.493 e. The van der Waals surface area contributed by atoms with E-state index in [1.165, 1.54) is 11.1 Å². The van der Waals surface area contributed by atoms with Crippen molar-refractivity contribution in [3.63, 3.8) is 0 Å². The molecule has 6 nitrogen and oxygen atoms in total. The maximum atomic E-state index is 5.43. The van der Waals surface area contributed by atoms with Gasteiger partial charge in [-0.05, 0) is 30.7 Å². The average Bonchev–Trinajstić information content (AvgIpc) is 3.17. The first-order valence-corrected chi connectivity index (χ1v) is 9.03. The molecule has 6 heteroatoms. The Morgan fingerprint density at radius 1 is 0.964 bits per heavy atom. The van der Waals surface area contributed by atoms with Crippen LogP contribution in [0.4, 0.5) is 5.82 Å². The molecule has 28 heavy (non-hydrogen) atoms. The van der Waals surface area contributed by atoms with E-state index in [9.17, 15) is 0 Å². The van der Waals surface area contributed by atoms with Crippen LogP contribution in [0.25, 0.3) is 16.9 Å². The second-order valence-electron chi connectivity index (χ2n) is 6.52. The highest BCUT2D eigenvalue weighted by atomic mass is 16.5. The van der Waals surface area contributed by atoms with Crippen LogP contribution in [-0.4, -0.2) is 28.6 Å². The zero-order chi connectivity index (χ0) is 19.5. The van der Waals surface area contributed by atoms with Gasteiger partial charge in [-0.2, -0.15) is 0 Å². The molecule has 142 valence electrons. The summed E-state index contributed by atoms with van der Waals surface area (Å²) in [6, 6.07) is 14.3. The minimum atomic E-state index is 0.682. The number of anilines is 1. The van der Waals surface area contributed by atoms with Gasteiger partial charge in [0.05, 0.1) is 26.1 Å². The van der Waals surface area contributed by atoms with Crippen LogP contribution in [0.2, 0.25) is 0 Å². The second-order valence-corrected chi connectivity index (χ2v) is 6.52. The number of fused-ring (bicyclic) bond motifs is 1. The van der Waals surface area contributed by atoms with E-state index in [1.807, 2.05) is 35.0 Å². The topological polar surface area (TPSA) is 60.7 Å². The van der Waals surface area contributed by atoms with Crippen LogP contribution in [-0.2, 0) is 6.54 Å². The minimum Gasteiger partial charge on any atom is -0.493 e. The van der Waals surface area contributed by atoms with E-state index >= 15 is 0 Å². The zero-order valence-corrected chi connectivity index (χ0v) is 16.1. The fraction of sp³-hybridized carbons (Fsp3) is 0.182. The van der Waals surface area contributed by atoms with E-state index in [0.29, 0.717) is 18.0 Å². The van der Waals surface area contributed by atoms with Crippen LogP contribution in [0.5, 0.6) is 11.5 Å². The van der Waals surface area contributed by atoms with Crippen LogP contribution >= 0.6 is 0 Å². The molecule has 0 aliphatic heterocycles. The van der Waals surface area contributed by atoms with E-state index in [4.69, 9.17) is 9.47 Å². The molecule has 2 heterocycles. The van der Waals surface area contributed by atoms with E-state index < -0.39 is 0 Å². The number of aryl methyl sites for hydroxylation is 1. The zero-order valence-electron chi connectivity index (χ0n) is 16.1. The molecular weight excluding hydrogens is 352 g/mol. The molecule has 0 amide bonds. The number of hydrogen-bond donors (Lipinski definition) is 1. The lowest BCUT2D eigenvalue weighted by Crippen LogP contribution is -2.04. The molecule has 0 bridgehead atoms. The molecule has 0 atom stereocenters. The predicted molar refractivity (Wildman–Crippen MR) is 110 cm³/mol. The molecule has 0 saturated heterocycles. The highest BCUT2D eigenvalue weighted by Crippen LogP contribution is 2.33. The lowest BCUT2D eigenvalue weighted by molar-refractivity contribution is 0.355. The minimum absolute atomic E-state index is 0.682. The number of hydrogen-bond acceptors (Lipinski definition) is 5. The van der Waals surface area contributed by atoms with Crippen LogP contribution in [0.1, 0.15) is 11.1 Å². The van der Waals surface area contributed by atoms with Gasteiger partial charge >= 0.3 is 0 Å². The number of rotatable bonds is 6. The van der Waals surface area contributed by atoms with E-state index in [1.54, 1.807) is 20.4 Å². The van der Waals surface area contributed by atoms with E-state index in [0.717, 1.165) is 22.7 Å². The number of aromatic nitrogens is 3. The highest BCUT2D eigenvalue weighted by molar-refractivity contribution is 5.72. The van der Waals surface area contributed by atoms with Gasteiger partial charge < -0.3 is 14.8 Å². The van der Waals surface area contributed by atoms with Crippen LogP contribution in [0.15, 0.2) is 61.1 Å². The summed E-state index contributed by atoms with van der Waals surface area (Å²) >= 11 is 0. The number of methoxy groups -OCH3 is 2. The molecule has 0 aliphatic carbocycles. The summed E-state index contributed by atoms with van der Waals surface area (Å²) in [5, 5.41) is 3.39. The molecule has 0 unspecified atom stereocenters. The molecule has 0 saturated carbocycles. The first kappa shape index (κ1) is 17.9. The fourth-order valence-corrected chi connectivity index (χ4v) is 3.14. The lowest BCUT2D eigenvalue weighted by atomic mass is 10.1. The van der Waals surface area contributed by atoms with Crippen molar-refractivity contribution in [2.45, 2.75) is 13.5 Å². The molecule has 4 aromatic rings. The molecule has 0 aliphatic rings. The van der Waals surface area contributed by atoms with Gasteiger partial charge in [0.15, 0.2) is 23.0 Å². The van der Waals surface area contributed by atoms with Crippen molar-refractivity contribution in [3.05, 3.63) is 72.2 Å². The molecule has 4 rings (SSSR count). The third-order valence-corrected chi connectivity index (χ3v) is 4.69. The summed E-state index contributed by atoms with van der Waals surface area (Å²) in [6.45, 7) is 2.77. The Balaban J connectivity index is 1.66. The Hall–Kier alpha value is -3.54. The Morgan fingerprint density at radius 3 is 2.50 bits per heavy atom. The van der Waals surface area contributed by atoms with Crippen LogP contribution < -0.4 is 14.8 Å². The van der Waals surface area contributed by atoms with Gasteiger partial charge in [-0.1, -0.05) is 29.8 Å². The Labute approximate surface area is 163 Å². The van der Waals surface area contributed by atoms with Crippen molar-refractivity contribution in [2.24, 2.45) is 0 Å². The van der Waals surface area contributed by atoms with E-state index in [-0.39, 0.29) is 0 Å². The SMILES string of the molecule is COc1ccc(-c2cnc3c(NCc4ccc(C)cc4)nccn23)cc1OC. The van der Waals surface area contributed by atoms with Gasteiger partial charge in [0, 0.05) is 24.5 Å². The number of nitrogens with one attached hydrogen (secondary N) is 1. The van der Waals surface area contributed by atoms with Gasteiger partial charge in [0.25, 0.3) is 0 Å². The van der Waals surface area contributed by atoms with E-state index in [2.05, 4.69) is 46.5 Å². The average molecular weight is 374 g/mol. The van der Waals surface area contributed by atoms with Gasteiger partial charge in [0.1, 0.15) is 0 Å². The molecular formula is C22H22N4O2. The van der Waals surface area contributed by atoms with Crippen molar-refractivity contribution in [2.75, 3.05) is 19.5 Å². The number of ether oxygens (including phenoxy) is 2. The monoisotopic (exact) mass is 374 g/mol. The molecule has 2 aromatic carbocycles. The third kappa shape index (κ3) is 3.36. The maximum Gasteiger partial charge on any atom is 0.180 e. The molecule has 0 fully saturated rings. The summed E-state index contributed by atoms with van der Waals surface area (Å²) in [6.07, 6.45) is 5.52. The normalized spacial score (nSPS) is 10.8. The van der Waals surface area contributed by atoms with Crippen molar-refractivity contribution < 1.29 is 9.47 Å².